The van der Waals surface area contributed by atoms with Crippen molar-refractivity contribution in [2.45, 2.75) is 0 Å². The van der Waals surface area contributed by atoms with Gasteiger partial charge in [0, 0.05) is 17.4 Å². The van der Waals surface area contributed by atoms with Crippen LogP contribution in [0.4, 0.5) is 30.2 Å². The van der Waals surface area contributed by atoms with Gasteiger partial charge in [-0.1, -0.05) is 11.6 Å². The fraction of sp³-hybridized carbons (Fsp3) is 0. The second-order valence-electron chi connectivity index (χ2n) is 5.27. The van der Waals surface area contributed by atoms with Crippen LogP contribution >= 0.6 is 11.6 Å². The van der Waals surface area contributed by atoms with E-state index in [0.29, 0.717) is 17.1 Å². The Morgan fingerprint density at radius 3 is 2.19 bits per heavy atom. The van der Waals surface area contributed by atoms with E-state index in [4.69, 9.17) is 11.6 Å². The average Bonchev–Trinajstić information content (AvgIpc) is 2.62. The number of pyridine rings is 1. The number of aromatic nitrogens is 1. The number of nitrogens with zero attached hydrogens (tertiary/aromatic N) is 1. The van der Waals surface area contributed by atoms with Gasteiger partial charge >= 0.3 is 0 Å². The zero-order chi connectivity index (χ0) is 18.7. The summed E-state index contributed by atoms with van der Waals surface area (Å²) in [5, 5.41) is 5.28. The largest absolute Gasteiger partial charge is 0.354 e. The standard InChI is InChI=1S/C18H11ClF3N3O/c19-13-7-10(1-4-14(13)20)25-18(26)17-6-3-12(9-23-17)24-11-2-5-15(21)16(22)8-11/h1-9,24H,(H,25,26). The quantitative estimate of drug-likeness (QED) is 0.661. The first-order valence-electron chi connectivity index (χ1n) is 7.37. The molecule has 0 unspecified atom stereocenters. The molecule has 0 spiro atoms. The lowest BCUT2D eigenvalue weighted by molar-refractivity contribution is 0.102. The summed E-state index contributed by atoms with van der Waals surface area (Å²) >= 11 is 5.66. The molecule has 0 aliphatic heterocycles. The predicted molar refractivity (Wildman–Crippen MR) is 93.2 cm³/mol. The van der Waals surface area contributed by atoms with Crippen LogP contribution in [-0.2, 0) is 0 Å². The molecule has 26 heavy (non-hydrogen) atoms. The number of hydrogen-bond donors (Lipinski definition) is 2. The van der Waals surface area contributed by atoms with E-state index in [0.717, 1.165) is 18.2 Å². The number of benzene rings is 2. The maximum absolute atomic E-state index is 13.2. The monoisotopic (exact) mass is 377 g/mol. The zero-order valence-electron chi connectivity index (χ0n) is 13.1. The summed E-state index contributed by atoms with van der Waals surface area (Å²) < 4.78 is 39.2. The molecule has 1 aromatic heterocycles. The van der Waals surface area contributed by atoms with Gasteiger partial charge < -0.3 is 10.6 Å². The van der Waals surface area contributed by atoms with Crippen molar-refractivity contribution in [3.63, 3.8) is 0 Å². The summed E-state index contributed by atoms with van der Waals surface area (Å²) in [5.74, 6) is -3.01. The first-order chi connectivity index (χ1) is 12.4. The van der Waals surface area contributed by atoms with E-state index in [-0.39, 0.29) is 10.7 Å². The third kappa shape index (κ3) is 4.12. The highest BCUT2D eigenvalue weighted by atomic mass is 35.5. The lowest BCUT2D eigenvalue weighted by Gasteiger charge is -2.08. The van der Waals surface area contributed by atoms with Gasteiger partial charge in [-0.25, -0.2) is 18.2 Å². The number of hydrogen-bond acceptors (Lipinski definition) is 3. The molecule has 1 amide bonds. The van der Waals surface area contributed by atoms with E-state index in [9.17, 15) is 18.0 Å². The molecule has 0 atom stereocenters. The predicted octanol–water partition coefficient (Wildman–Crippen LogP) is 5.15. The zero-order valence-corrected chi connectivity index (χ0v) is 13.8. The summed E-state index contributed by atoms with van der Waals surface area (Å²) in [7, 11) is 0. The second kappa shape index (κ2) is 7.45. The normalized spacial score (nSPS) is 10.5. The average molecular weight is 378 g/mol. The summed E-state index contributed by atoms with van der Waals surface area (Å²) in [6.07, 6.45) is 1.37. The third-order valence-electron chi connectivity index (χ3n) is 3.38. The van der Waals surface area contributed by atoms with Gasteiger partial charge in [0.25, 0.3) is 5.91 Å². The minimum Gasteiger partial charge on any atom is -0.354 e. The highest BCUT2D eigenvalue weighted by molar-refractivity contribution is 6.31. The van der Waals surface area contributed by atoms with Crippen molar-refractivity contribution in [3.8, 4) is 0 Å². The van der Waals surface area contributed by atoms with Crippen molar-refractivity contribution < 1.29 is 18.0 Å². The van der Waals surface area contributed by atoms with E-state index in [1.54, 1.807) is 6.07 Å². The molecular formula is C18H11ClF3N3O. The second-order valence-corrected chi connectivity index (χ2v) is 5.68. The molecule has 3 aromatic rings. The molecule has 2 N–H and O–H groups in total. The van der Waals surface area contributed by atoms with Crippen LogP contribution in [0.2, 0.25) is 5.02 Å². The molecule has 1 heterocycles. The Balaban J connectivity index is 1.69. The molecule has 2 aromatic carbocycles. The Morgan fingerprint density at radius 2 is 1.54 bits per heavy atom. The van der Waals surface area contributed by atoms with E-state index < -0.39 is 23.4 Å². The Bertz CT molecular complexity index is 964. The summed E-state index contributed by atoms with van der Waals surface area (Å²) in [6, 6.07) is 10.2. The van der Waals surface area contributed by atoms with Crippen molar-refractivity contribution in [3.05, 3.63) is 82.9 Å². The lowest BCUT2D eigenvalue weighted by Crippen LogP contribution is -2.13. The third-order valence-corrected chi connectivity index (χ3v) is 3.67. The molecule has 4 nitrogen and oxygen atoms in total. The molecule has 0 saturated heterocycles. The molecule has 0 fully saturated rings. The number of nitrogens with one attached hydrogen (secondary N) is 2. The van der Waals surface area contributed by atoms with E-state index in [1.807, 2.05) is 0 Å². The van der Waals surface area contributed by atoms with Crippen molar-refractivity contribution in [2.75, 3.05) is 10.6 Å². The highest BCUT2D eigenvalue weighted by Gasteiger charge is 2.10. The topological polar surface area (TPSA) is 54.0 Å². The molecule has 3 rings (SSSR count). The van der Waals surface area contributed by atoms with Crippen LogP contribution < -0.4 is 10.6 Å². The molecule has 132 valence electrons. The molecule has 0 bridgehead atoms. The Labute approximate surface area is 151 Å². The molecule has 8 heteroatoms. The molecule has 0 radical (unpaired) electrons. The van der Waals surface area contributed by atoms with Crippen molar-refractivity contribution in [1.29, 1.82) is 0 Å². The first-order valence-corrected chi connectivity index (χ1v) is 7.75. The van der Waals surface area contributed by atoms with Gasteiger partial charge in [0.15, 0.2) is 11.6 Å². The number of rotatable bonds is 4. The fourth-order valence-electron chi connectivity index (χ4n) is 2.11. The van der Waals surface area contributed by atoms with Crippen LogP contribution in [0.1, 0.15) is 10.5 Å². The number of amides is 1. The minimum atomic E-state index is -0.975. The van der Waals surface area contributed by atoms with Gasteiger partial charge in [0.2, 0.25) is 0 Å². The molecular weight excluding hydrogens is 367 g/mol. The summed E-state index contributed by atoms with van der Waals surface area (Å²) in [6.45, 7) is 0. The van der Waals surface area contributed by atoms with Crippen LogP contribution in [0.15, 0.2) is 54.7 Å². The van der Waals surface area contributed by atoms with Gasteiger partial charge in [0.1, 0.15) is 11.5 Å². The van der Waals surface area contributed by atoms with E-state index >= 15 is 0 Å². The SMILES string of the molecule is O=C(Nc1ccc(F)c(Cl)c1)c1ccc(Nc2ccc(F)c(F)c2)cn1. The highest BCUT2D eigenvalue weighted by Crippen LogP contribution is 2.21. The van der Waals surface area contributed by atoms with Crippen LogP contribution in [0, 0.1) is 17.5 Å². The number of carbonyl (C=O) groups is 1. The maximum Gasteiger partial charge on any atom is 0.274 e. The lowest BCUT2D eigenvalue weighted by atomic mass is 10.2. The smallest absolute Gasteiger partial charge is 0.274 e. The molecule has 0 aliphatic carbocycles. The van der Waals surface area contributed by atoms with Gasteiger partial charge in [-0.3, -0.25) is 4.79 Å². The Kier molecular flexibility index (Phi) is 5.09. The first kappa shape index (κ1) is 17.8. The van der Waals surface area contributed by atoms with Crippen LogP contribution in [0.5, 0.6) is 0 Å². The fourth-order valence-corrected chi connectivity index (χ4v) is 2.29. The van der Waals surface area contributed by atoms with Crippen molar-refractivity contribution >= 4 is 34.6 Å². The van der Waals surface area contributed by atoms with E-state index in [2.05, 4.69) is 15.6 Å². The summed E-state index contributed by atoms with van der Waals surface area (Å²) in [4.78, 5) is 16.1. The number of anilines is 3. The minimum absolute atomic E-state index is 0.109. The number of halogens is 4. The van der Waals surface area contributed by atoms with Crippen LogP contribution in [0.25, 0.3) is 0 Å². The van der Waals surface area contributed by atoms with Gasteiger partial charge in [-0.2, -0.15) is 0 Å². The van der Waals surface area contributed by atoms with Gasteiger partial charge in [-0.15, -0.1) is 0 Å². The molecule has 0 saturated carbocycles. The van der Waals surface area contributed by atoms with E-state index in [1.165, 1.54) is 30.5 Å². The number of carbonyl (C=O) groups excluding carboxylic acids is 1. The van der Waals surface area contributed by atoms with Crippen molar-refractivity contribution in [2.24, 2.45) is 0 Å². The van der Waals surface area contributed by atoms with Gasteiger partial charge in [0.05, 0.1) is 16.9 Å². The maximum atomic E-state index is 13.2. The van der Waals surface area contributed by atoms with Crippen LogP contribution in [0.3, 0.4) is 0 Å². The molecule has 0 aliphatic rings. The summed E-state index contributed by atoms with van der Waals surface area (Å²) in [5.41, 5.74) is 1.26. The van der Waals surface area contributed by atoms with Gasteiger partial charge in [-0.05, 0) is 42.5 Å². The Hall–Kier alpha value is -3.06. The van der Waals surface area contributed by atoms with Crippen molar-refractivity contribution in [1.82, 2.24) is 4.98 Å². The Morgan fingerprint density at radius 1 is 0.846 bits per heavy atom. The van der Waals surface area contributed by atoms with Crippen LogP contribution in [-0.4, -0.2) is 10.9 Å².